The highest BCUT2D eigenvalue weighted by Crippen LogP contribution is 2.24. The Balaban J connectivity index is 1.83. The summed E-state index contributed by atoms with van der Waals surface area (Å²) >= 11 is 5.16. The van der Waals surface area contributed by atoms with Crippen LogP contribution in [0.3, 0.4) is 0 Å². The molecule has 16 heavy (non-hydrogen) atoms. The summed E-state index contributed by atoms with van der Waals surface area (Å²) in [5, 5.41) is 12.3. The summed E-state index contributed by atoms with van der Waals surface area (Å²) in [6.07, 6.45) is 2.44. The second-order valence-electron chi connectivity index (χ2n) is 3.89. The van der Waals surface area contributed by atoms with E-state index in [-0.39, 0.29) is 6.04 Å². The third-order valence-corrected chi connectivity index (χ3v) is 3.96. The zero-order valence-corrected chi connectivity index (χ0v) is 11.2. The minimum atomic E-state index is -0.0310. The summed E-state index contributed by atoms with van der Waals surface area (Å²) in [6.45, 7) is 0. The van der Waals surface area contributed by atoms with Crippen LogP contribution in [0.1, 0.15) is 12.8 Å². The summed E-state index contributed by atoms with van der Waals surface area (Å²) in [6, 6.07) is 11.0. The van der Waals surface area contributed by atoms with E-state index in [9.17, 15) is 0 Å². The molecule has 1 fully saturated rings. The van der Waals surface area contributed by atoms with Crippen LogP contribution >= 0.6 is 27.7 Å². The molecule has 1 saturated carbocycles. The van der Waals surface area contributed by atoms with E-state index in [4.69, 9.17) is 5.26 Å². The molecule has 4 heteroatoms. The van der Waals surface area contributed by atoms with Gasteiger partial charge in [0.2, 0.25) is 0 Å². The molecule has 0 aliphatic heterocycles. The Labute approximate surface area is 109 Å². The van der Waals surface area contributed by atoms with E-state index < -0.39 is 0 Å². The third-order valence-electron chi connectivity index (χ3n) is 2.38. The average molecular weight is 297 g/mol. The van der Waals surface area contributed by atoms with Crippen LogP contribution in [0.15, 0.2) is 33.6 Å². The average Bonchev–Trinajstić information content (AvgIpc) is 3.08. The van der Waals surface area contributed by atoms with Gasteiger partial charge >= 0.3 is 0 Å². The first kappa shape index (κ1) is 12.0. The van der Waals surface area contributed by atoms with Gasteiger partial charge in [0, 0.05) is 21.2 Å². The van der Waals surface area contributed by atoms with Crippen LogP contribution < -0.4 is 5.32 Å². The van der Waals surface area contributed by atoms with Gasteiger partial charge in [-0.05, 0) is 31.0 Å². The van der Waals surface area contributed by atoms with Crippen molar-refractivity contribution in [1.82, 2.24) is 5.32 Å². The lowest BCUT2D eigenvalue weighted by Gasteiger charge is -2.10. The Kier molecular flexibility index (Phi) is 4.28. The summed E-state index contributed by atoms with van der Waals surface area (Å²) in [4.78, 5) is 1.20. The van der Waals surface area contributed by atoms with Crippen LogP contribution in [0.25, 0.3) is 0 Å². The van der Waals surface area contributed by atoms with Gasteiger partial charge in [0.05, 0.1) is 6.07 Å². The predicted molar refractivity (Wildman–Crippen MR) is 70.4 cm³/mol. The van der Waals surface area contributed by atoms with Crippen molar-refractivity contribution in [2.75, 3.05) is 5.75 Å². The molecule has 2 nitrogen and oxygen atoms in total. The molecule has 1 unspecified atom stereocenters. The summed E-state index contributed by atoms with van der Waals surface area (Å²) < 4.78 is 1.08. The fraction of sp³-hybridized carbons (Fsp3) is 0.417. The van der Waals surface area contributed by atoms with Crippen LogP contribution in [0.4, 0.5) is 0 Å². The van der Waals surface area contributed by atoms with Gasteiger partial charge in [-0.1, -0.05) is 22.0 Å². The van der Waals surface area contributed by atoms with Crippen molar-refractivity contribution < 1.29 is 0 Å². The molecule has 0 amide bonds. The van der Waals surface area contributed by atoms with Crippen molar-refractivity contribution in [3.05, 3.63) is 28.7 Å². The van der Waals surface area contributed by atoms with Crippen molar-refractivity contribution >= 4 is 27.7 Å². The number of hydrogen-bond acceptors (Lipinski definition) is 3. The van der Waals surface area contributed by atoms with Gasteiger partial charge in [0.15, 0.2) is 0 Å². The standard InChI is InChI=1S/C12H13BrN2S/c13-9-2-1-3-12(6-9)16-8-11(7-14)15-10-4-5-10/h1-3,6,10-11,15H,4-5,8H2. The maximum atomic E-state index is 9.00. The molecule has 0 saturated heterocycles. The highest BCUT2D eigenvalue weighted by Gasteiger charge is 2.24. The molecule has 1 N–H and O–H groups in total. The maximum Gasteiger partial charge on any atom is 0.105 e. The van der Waals surface area contributed by atoms with Crippen molar-refractivity contribution in [3.8, 4) is 6.07 Å². The zero-order valence-electron chi connectivity index (χ0n) is 8.82. The van der Waals surface area contributed by atoms with E-state index in [1.807, 2.05) is 12.1 Å². The van der Waals surface area contributed by atoms with E-state index in [1.165, 1.54) is 17.7 Å². The second kappa shape index (κ2) is 5.72. The first-order chi connectivity index (χ1) is 7.78. The van der Waals surface area contributed by atoms with Gasteiger partial charge in [-0.2, -0.15) is 5.26 Å². The minimum absolute atomic E-state index is 0.0310. The van der Waals surface area contributed by atoms with Crippen molar-refractivity contribution in [2.24, 2.45) is 0 Å². The molecule has 1 aliphatic rings. The molecule has 1 atom stereocenters. The predicted octanol–water partition coefficient (Wildman–Crippen LogP) is 3.19. The maximum absolute atomic E-state index is 9.00. The molecular formula is C12H13BrN2S. The molecule has 2 rings (SSSR count). The Morgan fingerprint density at radius 1 is 1.56 bits per heavy atom. The lowest BCUT2D eigenvalue weighted by Crippen LogP contribution is -2.31. The van der Waals surface area contributed by atoms with E-state index >= 15 is 0 Å². The smallest absolute Gasteiger partial charge is 0.105 e. The number of thioether (sulfide) groups is 1. The largest absolute Gasteiger partial charge is 0.298 e. The molecule has 0 spiro atoms. The third kappa shape index (κ3) is 3.82. The number of hydrogen-bond donors (Lipinski definition) is 1. The molecule has 1 aliphatic carbocycles. The fourth-order valence-electron chi connectivity index (χ4n) is 1.39. The molecule has 1 aromatic rings. The Bertz CT molecular complexity index is 398. The summed E-state index contributed by atoms with van der Waals surface area (Å²) in [5.74, 6) is 0.809. The van der Waals surface area contributed by atoms with Gasteiger partial charge in [-0.25, -0.2) is 0 Å². The van der Waals surface area contributed by atoms with Crippen LogP contribution in [0.5, 0.6) is 0 Å². The molecule has 0 aromatic heterocycles. The van der Waals surface area contributed by atoms with Crippen molar-refractivity contribution in [1.29, 1.82) is 5.26 Å². The molecule has 84 valence electrons. The molecule has 1 aromatic carbocycles. The highest BCUT2D eigenvalue weighted by atomic mass is 79.9. The Morgan fingerprint density at radius 2 is 2.38 bits per heavy atom. The number of nitrogens with zero attached hydrogens (tertiary/aromatic N) is 1. The lowest BCUT2D eigenvalue weighted by atomic mass is 10.4. The Morgan fingerprint density at radius 3 is 3.00 bits per heavy atom. The fourth-order valence-corrected chi connectivity index (χ4v) is 2.86. The van der Waals surface area contributed by atoms with Gasteiger partial charge in [-0.3, -0.25) is 5.32 Å². The van der Waals surface area contributed by atoms with Crippen LogP contribution in [-0.2, 0) is 0 Å². The lowest BCUT2D eigenvalue weighted by molar-refractivity contribution is 0.644. The Hall–Kier alpha value is -0.500. The molecule has 0 bridgehead atoms. The van der Waals surface area contributed by atoms with E-state index in [2.05, 4.69) is 39.4 Å². The topological polar surface area (TPSA) is 35.8 Å². The van der Waals surface area contributed by atoms with Crippen molar-refractivity contribution in [2.45, 2.75) is 29.8 Å². The van der Waals surface area contributed by atoms with E-state index in [0.717, 1.165) is 10.2 Å². The quantitative estimate of drug-likeness (QED) is 0.848. The van der Waals surface area contributed by atoms with E-state index in [0.29, 0.717) is 6.04 Å². The van der Waals surface area contributed by atoms with Crippen molar-refractivity contribution in [3.63, 3.8) is 0 Å². The van der Waals surface area contributed by atoms with Gasteiger partial charge in [-0.15, -0.1) is 11.8 Å². The first-order valence-corrected chi connectivity index (χ1v) is 7.10. The molecule has 0 heterocycles. The normalized spacial score (nSPS) is 16.8. The molecule has 0 radical (unpaired) electrons. The van der Waals surface area contributed by atoms with Crippen LogP contribution in [0.2, 0.25) is 0 Å². The second-order valence-corrected chi connectivity index (χ2v) is 5.90. The van der Waals surface area contributed by atoms with Crippen LogP contribution in [0, 0.1) is 11.3 Å². The van der Waals surface area contributed by atoms with Gasteiger partial charge in [0.1, 0.15) is 6.04 Å². The first-order valence-electron chi connectivity index (χ1n) is 5.32. The number of benzene rings is 1. The zero-order chi connectivity index (χ0) is 11.4. The van der Waals surface area contributed by atoms with E-state index in [1.54, 1.807) is 11.8 Å². The van der Waals surface area contributed by atoms with Crippen LogP contribution in [-0.4, -0.2) is 17.8 Å². The monoisotopic (exact) mass is 296 g/mol. The number of halogens is 1. The number of nitrogens with one attached hydrogen (secondary N) is 1. The molecular weight excluding hydrogens is 284 g/mol. The van der Waals surface area contributed by atoms with Gasteiger partial charge < -0.3 is 0 Å². The summed E-state index contributed by atoms with van der Waals surface area (Å²) in [7, 11) is 0. The SMILES string of the molecule is N#CC(CSc1cccc(Br)c1)NC1CC1. The summed E-state index contributed by atoms with van der Waals surface area (Å²) in [5.41, 5.74) is 0. The minimum Gasteiger partial charge on any atom is -0.298 e. The number of rotatable bonds is 5. The van der Waals surface area contributed by atoms with Gasteiger partial charge in [0.25, 0.3) is 0 Å². The highest BCUT2D eigenvalue weighted by molar-refractivity contribution is 9.10. The number of nitriles is 1.